The summed E-state index contributed by atoms with van der Waals surface area (Å²) in [5, 5.41) is 8.95. The van der Waals surface area contributed by atoms with Crippen molar-refractivity contribution >= 4 is 0 Å². The first-order valence-corrected chi connectivity index (χ1v) is 4.69. The summed E-state index contributed by atoms with van der Waals surface area (Å²) in [6, 6.07) is 4.07. The van der Waals surface area contributed by atoms with Gasteiger partial charge in [0, 0.05) is 12.8 Å². The fourth-order valence-electron chi connectivity index (χ4n) is 1.67. The van der Waals surface area contributed by atoms with E-state index in [1.165, 1.54) is 6.33 Å². The van der Waals surface area contributed by atoms with Crippen molar-refractivity contribution in [3.05, 3.63) is 24.3 Å². The second-order valence-electron chi connectivity index (χ2n) is 3.30. The molecule has 0 saturated carbocycles. The molecule has 1 aromatic heterocycles. The number of ether oxygens (including phenoxy) is 1. The summed E-state index contributed by atoms with van der Waals surface area (Å²) in [5.74, 6) is -0.0707. The molecule has 0 aliphatic carbocycles. The van der Waals surface area contributed by atoms with Crippen molar-refractivity contribution in [1.29, 1.82) is 5.26 Å². The van der Waals surface area contributed by atoms with Crippen molar-refractivity contribution in [3.63, 3.8) is 0 Å². The van der Waals surface area contributed by atoms with Crippen molar-refractivity contribution in [2.24, 2.45) is 5.92 Å². The number of nitrogens with zero attached hydrogens (tertiary/aromatic N) is 3. The molecule has 2 heterocycles. The maximum absolute atomic E-state index is 8.95. The minimum Gasteiger partial charge on any atom is -0.371 e. The molecule has 2 unspecified atom stereocenters. The molecule has 4 heteroatoms. The van der Waals surface area contributed by atoms with Crippen LogP contribution in [-0.2, 0) is 4.74 Å². The summed E-state index contributed by atoms with van der Waals surface area (Å²) in [6.45, 7) is 0.715. The Labute approximate surface area is 82.6 Å². The second-order valence-corrected chi connectivity index (χ2v) is 3.30. The van der Waals surface area contributed by atoms with Crippen LogP contribution >= 0.6 is 0 Å². The van der Waals surface area contributed by atoms with Gasteiger partial charge in [0.1, 0.15) is 12.4 Å². The summed E-state index contributed by atoms with van der Waals surface area (Å²) in [7, 11) is 0. The summed E-state index contributed by atoms with van der Waals surface area (Å²) >= 11 is 0. The van der Waals surface area contributed by atoms with Gasteiger partial charge in [0.15, 0.2) is 0 Å². The van der Waals surface area contributed by atoms with E-state index in [2.05, 4.69) is 16.0 Å². The summed E-state index contributed by atoms with van der Waals surface area (Å²) in [4.78, 5) is 7.95. The van der Waals surface area contributed by atoms with Gasteiger partial charge >= 0.3 is 0 Å². The lowest BCUT2D eigenvalue weighted by Crippen LogP contribution is -2.22. The Hall–Kier alpha value is -1.47. The zero-order valence-corrected chi connectivity index (χ0v) is 7.76. The van der Waals surface area contributed by atoms with Crippen molar-refractivity contribution in [1.82, 2.24) is 9.97 Å². The van der Waals surface area contributed by atoms with Crippen LogP contribution in [0.3, 0.4) is 0 Å². The van der Waals surface area contributed by atoms with Gasteiger partial charge in [-0.1, -0.05) is 0 Å². The lowest BCUT2D eigenvalue weighted by Gasteiger charge is -2.26. The third-order valence-corrected chi connectivity index (χ3v) is 2.38. The monoisotopic (exact) mass is 189 g/mol. The van der Waals surface area contributed by atoms with Crippen LogP contribution in [0.5, 0.6) is 0 Å². The van der Waals surface area contributed by atoms with Gasteiger partial charge in [0.05, 0.1) is 17.7 Å². The van der Waals surface area contributed by atoms with Crippen LogP contribution in [0.15, 0.2) is 18.6 Å². The molecular weight excluding hydrogens is 178 g/mol. The van der Waals surface area contributed by atoms with Crippen molar-refractivity contribution in [3.8, 4) is 6.07 Å². The van der Waals surface area contributed by atoms with Crippen LogP contribution in [-0.4, -0.2) is 16.6 Å². The summed E-state index contributed by atoms with van der Waals surface area (Å²) in [5.41, 5.74) is 0.811. The van der Waals surface area contributed by atoms with Crippen LogP contribution in [0.25, 0.3) is 0 Å². The summed E-state index contributed by atoms with van der Waals surface area (Å²) in [6.07, 6.45) is 4.85. The fraction of sp³-hybridized carbons (Fsp3) is 0.500. The van der Waals surface area contributed by atoms with Gasteiger partial charge in [-0.25, -0.2) is 9.97 Å². The fourth-order valence-corrected chi connectivity index (χ4v) is 1.67. The van der Waals surface area contributed by atoms with E-state index in [4.69, 9.17) is 10.00 Å². The van der Waals surface area contributed by atoms with Crippen molar-refractivity contribution in [2.75, 3.05) is 6.61 Å². The third kappa shape index (κ3) is 1.73. The minimum atomic E-state index is -0.170. The SMILES string of the molecule is N#CC1CCCOC1c1ccncn1. The van der Waals surface area contributed by atoms with Crippen LogP contribution in [0.2, 0.25) is 0 Å². The summed E-state index contributed by atoms with van der Waals surface area (Å²) < 4.78 is 5.55. The highest BCUT2D eigenvalue weighted by atomic mass is 16.5. The predicted molar refractivity (Wildman–Crippen MR) is 49.1 cm³/mol. The molecule has 0 bridgehead atoms. The van der Waals surface area contributed by atoms with Gasteiger partial charge < -0.3 is 4.74 Å². The predicted octanol–water partition coefficient (Wildman–Crippen LogP) is 1.47. The van der Waals surface area contributed by atoms with Gasteiger partial charge in [-0.15, -0.1) is 0 Å². The zero-order chi connectivity index (χ0) is 9.80. The average Bonchev–Trinajstić information content (AvgIpc) is 2.30. The van der Waals surface area contributed by atoms with E-state index < -0.39 is 0 Å². The zero-order valence-electron chi connectivity index (χ0n) is 7.76. The molecule has 1 saturated heterocycles. The quantitative estimate of drug-likeness (QED) is 0.671. The molecular formula is C10H11N3O. The van der Waals surface area contributed by atoms with E-state index in [1.54, 1.807) is 12.3 Å². The van der Waals surface area contributed by atoms with Crippen molar-refractivity contribution in [2.45, 2.75) is 18.9 Å². The first-order valence-electron chi connectivity index (χ1n) is 4.69. The molecule has 0 spiro atoms. The number of hydrogen-bond donors (Lipinski definition) is 0. The molecule has 72 valence electrons. The number of aromatic nitrogens is 2. The van der Waals surface area contributed by atoms with Gasteiger partial charge in [0.25, 0.3) is 0 Å². The van der Waals surface area contributed by atoms with Gasteiger partial charge in [-0.05, 0) is 18.9 Å². The van der Waals surface area contributed by atoms with Gasteiger partial charge in [-0.2, -0.15) is 5.26 Å². The van der Waals surface area contributed by atoms with E-state index in [0.717, 1.165) is 18.5 Å². The smallest absolute Gasteiger partial charge is 0.115 e. The Balaban J connectivity index is 2.20. The molecule has 0 aromatic carbocycles. The van der Waals surface area contributed by atoms with Crippen molar-refractivity contribution < 1.29 is 4.74 Å². The Bertz CT molecular complexity index is 333. The lowest BCUT2D eigenvalue weighted by molar-refractivity contribution is -0.0128. The highest BCUT2D eigenvalue weighted by Gasteiger charge is 2.28. The molecule has 0 radical (unpaired) electrons. The van der Waals surface area contributed by atoms with E-state index in [0.29, 0.717) is 6.61 Å². The van der Waals surface area contributed by atoms with Gasteiger partial charge in [0.2, 0.25) is 0 Å². The van der Waals surface area contributed by atoms with Crippen LogP contribution in [0.4, 0.5) is 0 Å². The molecule has 2 rings (SSSR count). The molecule has 1 aliphatic heterocycles. The van der Waals surface area contributed by atoms with Crippen LogP contribution in [0, 0.1) is 17.2 Å². The largest absolute Gasteiger partial charge is 0.371 e. The number of rotatable bonds is 1. The van der Waals surface area contributed by atoms with E-state index >= 15 is 0 Å². The standard InChI is InChI=1S/C10H11N3O/c11-6-8-2-1-5-14-10(8)9-3-4-12-7-13-9/h3-4,7-8,10H,1-2,5H2. The normalized spacial score (nSPS) is 26.8. The van der Waals surface area contributed by atoms with E-state index in [1.807, 2.05) is 0 Å². The molecule has 14 heavy (non-hydrogen) atoms. The maximum atomic E-state index is 8.95. The Morgan fingerprint density at radius 1 is 1.57 bits per heavy atom. The number of hydrogen-bond acceptors (Lipinski definition) is 4. The highest BCUT2D eigenvalue weighted by Crippen LogP contribution is 2.31. The van der Waals surface area contributed by atoms with E-state index in [-0.39, 0.29) is 12.0 Å². The molecule has 0 amide bonds. The third-order valence-electron chi connectivity index (χ3n) is 2.38. The first-order chi connectivity index (χ1) is 6.92. The molecule has 1 aliphatic rings. The van der Waals surface area contributed by atoms with Crippen LogP contribution < -0.4 is 0 Å². The first kappa shape index (κ1) is 9.10. The molecule has 4 nitrogen and oxygen atoms in total. The molecule has 2 atom stereocenters. The Morgan fingerprint density at radius 2 is 2.50 bits per heavy atom. The second kappa shape index (κ2) is 4.16. The maximum Gasteiger partial charge on any atom is 0.115 e. The van der Waals surface area contributed by atoms with Gasteiger partial charge in [-0.3, -0.25) is 0 Å². The van der Waals surface area contributed by atoms with E-state index in [9.17, 15) is 0 Å². The lowest BCUT2D eigenvalue weighted by atomic mass is 9.93. The minimum absolute atomic E-state index is 0.0707. The highest BCUT2D eigenvalue weighted by molar-refractivity contribution is 5.08. The van der Waals surface area contributed by atoms with Crippen LogP contribution in [0.1, 0.15) is 24.6 Å². The molecule has 0 N–H and O–H groups in total. The Kier molecular flexibility index (Phi) is 2.70. The molecule has 1 fully saturated rings. The molecule has 1 aromatic rings. The number of nitriles is 1. The Morgan fingerprint density at radius 3 is 3.21 bits per heavy atom. The topological polar surface area (TPSA) is 58.8 Å². The average molecular weight is 189 g/mol.